The second-order valence-corrected chi connectivity index (χ2v) is 10.3. The van der Waals surface area contributed by atoms with Crippen LogP contribution in [-0.4, -0.2) is 66.9 Å². The summed E-state index contributed by atoms with van der Waals surface area (Å²) in [6, 6.07) is 20.5. The van der Waals surface area contributed by atoms with Gasteiger partial charge in [-0.1, -0.05) is 54.6 Å². The second-order valence-electron chi connectivity index (χ2n) is 10.3. The van der Waals surface area contributed by atoms with Gasteiger partial charge in [-0.05, 0) is 47.0 Å². The van der Waals surface area contributed by atoms with Gasteiger partial charge in [-0.3, -0.25) is 9.59 Å². The molecular weight excluding hydrogens is 559 g/mol. The maximum absolute atomic E-state index is 13.6. The normalized spacial score (nSPS) is 14.4. The number of halogens is 3. The summed E-state index contributed by atoms with van der Waals surface area (Å²) in [5.41, 5.74) is 2.23. The minimum Gasteiger partial charge on any atom is -0.467 e. The molecule has 10 heteroatoms. The van der Waals surface area contributed by atoms with Gasteiger partial charge in [0.2, 0.25) is 11.8 Å². The first kappa shape index (κ1) is 31.3. The lowest BCUT2D eigenvalue weighted by molar-refractivity contribution is -0.151. The first-order valence-corrected chi connectivity index (χ1v) is 13.9. The zero-order valence-corrected chi connectivity index (χ0v) is 24.1. The van der Waals surface area contributed by atoms with Gasteiger partial charge in [-0.2, -0.15) is 13.2 Å². The van der Waals surface area contributed by atoms with Crippen molar-refractivity contribution in [3.8, 4) is 0 Å². The Bertz CT molecular complexity index is 1420. The number of nitrogens with zero attached hydrogens (tertiary/aromatic N) is 3. The Labute approximate surface area is 249 Å². The van der Waals surface area contributed by atoms with E-state index in [1.807, 2.05) is 59.5 Å². The van der Waals surface area contributed by atoms with Crippen LogP contribution in [0.4, 0.5) is 18.9 Å². The molecule has 0 saturated carbocycles. The largest absolute Gasteiger partial charge is 0.467 e. The van der Waals surface area contributed by atoms with Crippen molar-refractivity contribution < 1.29 is 32.3 Å². The number of methoxy groups -OCH3 is 1. The topological polar surface area (TPSA) is 70.2 Å². The van der Waals surface area contributed by atoms with E-state index >= 15 is 0 Å². The van der Waals surface area contributed by atoms with Crippen LogP contribution in [0.25, 0.3) is 6.08 Å². The van der Waals surface area contributed by atoms with Gasteiger partial charge in [0.25, 0.3) is 0 Å². The van der Waals surface area contributed by atoms with Crippen molar-refractivity contribution in [3.05, 3.63) is 107 Å². The lowest BCUT2D eigenvalue weighted by atomic mass is 10.0. The third-order valence-corrected chi connectivity index (χ3v) is 7.44. The number of rotatable bonds is 9. The highest BCUT2D eigenvalue weighted by Crippen LogP contribution is 2.29. The minimum absolute atomic E-state index is 0.0581. The maximum atomic E-state index is 13.6. The Morgan fingerprint density at radius 3 is 2.07 bits per heavy atom. The second kappa shape index (κ2) is 14.0. The Kier molecular flexibility index (Phi) is 10.2. The summed E-state index contributed by atoms with van der Waals surface area (Å²) in [6.45, 7) is 4.37. The SMILES string of the molecule is COC(=O)C(Cc1ccccc1)N(Cc1ccc(N2CCN(C(C)=O)CC2)cc1)C(=O)C=Cc1ccc(C(F)(F)F)cc1. The molecule has 1 saturated heterocycles. The van der Waals surface area contributed by atoms with Crippen molar-refractivity contribution >= 4 is 29.5 Å². The van der Waals surface area contributed by atoms with E-state index in [0.717, 1.165) is 28.9 Å². The van der Waals surface area contributed by atoms with Crippen molar-refractivity contribution in [1.29, 1.82) is 0 Å². The number of amides is 2. The summed E-state index contributed by atoms with van der Waals surface area (Å²) in [4.78, 5) is 43.7. The van der Waals surface area contributed by atoms with E-state index in [-0.39, 0.29) is 18.9 Å². The molecule has 3 aromatic rings. The third-order valence-electron chi connectivity index (χ3n) is 7.44. The number of carbonyl (C=O) groups is 3. The molecule has 1 aliphatic rings. The molecule has 3 aromatic carbocycles. The number of esters is 1. The molecule has 1 atom stereocenters. The predicted molar refractivity (Wildman–Crippen MR) is 158 cm³/mol. The number of hydrogen-bond acceptors (Lipinski definition) is 5. The molecule has 43 heavy (non-hydrogen) atoms. The predicted octanol–water partition coefficient (Wildman–Crippen LogP) is 5.20. The molecule has 0 spiro atoms. The number of benzene rings is 3. The lowest BCUT2D eigenvalue weighted by Crippen LogP contribution is -2.48. The van der Waals surface area contributed by atoms with Crippen molar-refractivity contribution in [2.75, 3.05) is 38.2 Å². The molecule has 0 N–H and O–H groups in total. The first-order chi connectivity index (χ1) is 20.5. The summed E-state index contributed by atoms with van der Waals surface area (Å²) in [5, 5.41) is 0. The van der Waals surface area contributed by atoms with Gasteiger partial charge >= 0.3 is 12.1 Å². The van der Waals surface area contributed by atoms with E-state index in [4.69, 9.17) is 4.74 Å². The highest BCUT2D eigenvalue weighted by Gasteiger charge is 2.31. The Morgan fingerprint density at radius 2 is 1.51 bits per heavy atom. The van der Waals surface area contributed by atoms with Crippen LogP contribution in [0.2, 0.25) is 0 Å². The van der Waals surface area contributed by atoms with Crippen LogP contribution in [0.3, 0.4) is 0 Å². The van der Waals surface area contributed by atoms with Crippen molar-refractivity contribution in [3.63, 3.8) is 0 Å². The van der Waals surface area contributed by atoms with Gasteiger partial charge in [0.15, 0.2) is 0 Å². The molecule has 1 aliphatic heterocycles. The fourth-order valence-electron chi connectivity index (χ4n) is 4.97. The van der Waals surface area contributed by atoms with E-state index < -0.39 is 29.7 Å². The molecule has 1 fully saturated rings. The first-order valence-electron chi connectivity index (χ1n) is 13.9. The molecule has 2 amide bonds. The number of alkyl halides is 3. The average molecular weight is 594 g/mol. The number of carbonyl (C=O) groups excluding carboxylic acids is 3. The number of hydrogen-bond donors (Lipinski definition) is 0. The molecule has 226 valence electrons. The molecule has 4 rings (SSSR count). The number of anilines is 1. The van der Waals surface area contributed by atoms with E-state index in [2.05, 4.69) is 4.90 Å². The Balaban J connectivity index is 1.57. The van der Waals surface area contributed by atoms with E-state index in [9.17, 15) is 27.6 Å². The summed E-state index contributed by atoms with van der Waals surface area (Å²) in [5.74, 6) is -1.02. The highest BCUT2D eigenvalue weighted by atomic mass is 19.4. The van der Waals surface area contributed by atoms with Crippen molar-refractivity contribution in [2.24, 2.45) is 0 Å². The molecule has 0 aliphatic carbocycles. The van der Waals surface area contributed by atoms with Gasteiger partial charge in [0.1, 0.15) is 6.04 Å². The van der Waals surface area contributed by atoms with Gasteiger partial charge in [-0.25, -0.2) is 4.79 Å². The summed E-state index contributed by atoms with van der Waals surface area (Å²) >= 11 is 0. The standard InChI is InChI=1S/C33H34F3N3O4/c1-24(40)37-18-20-38(21-19-37)29-15-10-27(11-16-29)23-39(30(32(42)43-2)22-26-6-4-3-5-7-26)31(41)17-12-25-8-13-28(14-9-25)33(34,35)36/h3-17,30H,18-23H2,1-2H3. The third kappa shape index (κ3) is 8.47. The van der Waals surface area contributed by atoms with Crippen LogP contribution in [0, 0.1) is 0 Å². The van der Waals surface area contributed by atoms with Gasteiger partial charge < -0.3 is 19.4 Å². The number of ether oxygens (including phenoxy) is 1. The van der Waals surface area contributed by atoms with Gasteiger partial charge in [0.05, 0.1) is 12.7 Å². The molecular formula is C33H34F3N3O4. The molecule has 0 bridgehead atoms. The van der Waals surface area contributed by atoms with E-state index in [1.165, 1.54) is 36.3 Å². The summed E-state index contributed by atoms with van der Waals surface area (Å²) < 4.78 is 44.0. The van der Waals surface area contributed by atoms with E-state index in [1.54, 1.807) is 6.92 Å². The van der Waals surface area contributed by atoms with Crippen LogP contribution >= 0.6 is 0 Å². The summed E-state index contributed by atoms with van der Waals surface area (Å²) in [6.07, 6.45) is -1.56. The molecule has 0 radical (unpaired) electrons. The van der Waals surface area contributed by atoms with Crippen LogP contribution in [0.5, 0.6) is 0 Å². The quantitative estimate of drug-likeness (QED) is 0.252. The van der Waals surface area contributed by atoms with Crippen molar-refractivity contribution in [2.45, 2.75) is 32.1 Å². The minimum atomic E-state index is -4.46. The molecule has 0 aromatic heterocycles. The summed E-state index contributed by atoms with van der Waals surface area (Å²) in [7, 11) is 1.27. The number of piperazine rings is 1. The van der Waals surface area contributed by atoms with Crippen LogP contribution in [0.15, 0.2) is 84.9 Å². The fourth-order valence-corrected chi connectivity index (χ4v) is 4.97. The van der Waals surface area contributed by atoms with E-state index in [0.29, 0.717) is 31.7 Å². The maximum Gasteiger partial charge on any atom is 0.416 e. The molecule has 1 unspecified atom stereocenters. The zero-order chi connectivity index (χ0) is 31.0. The van der Waals surface area contributed by atoms with Gasteiger partial charge in [0, 0.05) is 57.8 Å². The Morgan fingerprint density at radius 1 is 0.884 bits per heavy atom. The average Bonchev–Trinajstić information content (AvgIpc) is 3.01. The van der Waals surface area contributed by atoms with Crippen molar-refractivity contribution in [1.82, 2.24) is 9.80 Å². The molecule has 1 heterocycles. The van der Waals surface area contributed by atoms with Crippen LogP contribution in [0.1, 0.15) is 29.2 Å². The lowest BCUT2D eigenvalue weighted by Gasteiger charge is -2.35. The smallest absolute Gasteiger partial charge is 0.416 e. The highest BCUT2D eigenvalue weighted by molar-refractivity contribution is 5.94. The van der Waals surface area contributed by atoms with Crippen LogP contribution < -0.4 is 4.90 Å². The van der Waals surface area contributed by atoms with Crippen LogP contribution in [-0.2, 0) is 38.3 Å². The monoisotopic (exact) mass is 593 g/mol. The zero-order valence-electron chi connectivity index (χ0n) is 24.1. The Hall–Kier alpha value is -4.60. The van der Waals surface area contributed by atoms with Gasteiger partial charge in [-0.15, -0.1) is 0 Å². The fraction of sp³-hybridized carbons (Fsp3) is 0.303. The molecule has 7 nitrogen and oxygen atoms in total.